The molecular formula is C23H19ClF3N5O2. The van der Waals surface area contributed by atoms with E-state index in [1.807, 2.05) is 16.8 Å². The Bertz CT molecular complexity index is 1340. The van der Waals surface area contributed by atoms with E-state index in [0.29, 0.717) is 24.6 Å². The molecule has 0 aliphatic rings. The second-order valence-electron chi connectivity index (χ2n) is 7.35. The van der Waals surface area contributed by atoms with E-state index in [9.17, 15) is 18.0 Å². The highest BCUT2D eigenvalue weighted by atomic mass is 35.5. The molecule has 2 aromatic heterocycles. The Morgan fingerprint density at radius 1 is 1.15 bits per heavy atom. The summed E-state index contributed by atoms with van der Waals surface area (Å²) >= 11 is 6.34. The number of halogens is 4. The summed E-state index contributed by atoms with van der Waals surface area (Å²) < 4.78 is 46.3. The lowest BCUT2D eigenvalue weighted by atomic mass is 10.2. The molecule has 4 aromatic rings. The molecule has 2 aromatic carbocycles. The average molecular weight is 490 g/mol. The zero-order valence-corrected chi connectivity index (χ0v) is 18.6. The first-order chi connectivity index (χ1) is 16.2. The summed E-state index contributed by atoms with van der Waals surface area (Å²) in [5.74, 6) is 0.638. The van der Waals surface area contributed by atoms with Gasteiger partial charge >= 0.3 is 6.18 Å². The fraction of sp³-hybridized carbons (Fsp3) is 0.174. The maximum absolute atomic E-state index is 12.9. The molecule has 0 spiro atoms. The van der Waals surface area contributed by atoms with E-state index in [4.69, 9.17) is 16.3 Å². The van der Waals surface area contributed by atoms with Gasteiger partial charge in [-0.25, -0.2) is 9.97 Å². The van der Waals surface area contributed by atoms with Gasteiger partial charge in [0.25, 0.3) is 0 Å². The number of alkyl halides is 3. The molecule has 1 amide bonds. The summed E-state index contributed by atoms with van der Waals surface area (Å²) in [4.78, 5) is 19.7. The van der Waals surface area contributed by atoms with Crippen LogP contribution in [0.15, 0.2) is 61.1 Å². The van der Waals surface area contributed by atoms with E-state index in [1.54, 1.807) is 18.2 Å². The number of nitrogens with one attached hydrogen (secondary N) is 2. The van der Waals surface area contributed by atoms with E-state index < -0.39 is 11.7 Å². The molecule has 2 N–H and O–H groups in total. The average Bonchev–Trinajstić information content (AvgIpc) is 3.19. The van der Waals surface area contributed by atoms with Crippen molar-refractivity contribution in [3.8, 4) is 11.5 Å². The van der Waals surface area contributed by atoms with Gasteiger partial charge < -0.3 is 19.9 Å². The normalized spacial score (nSPS) is 11.4. The SMILES string of the molecule is CC(=O)NCCn1ccc2ncnc(Nc3ccc(Oc4cccc(C(F)(F)F)c4)c(Cl)c3)c21. The number of carbonyl (C=O) groups is 1. The minimum absolute atomic E-state index is 0.0203. The van der Waals surface area contributed by atoms with Crippen molar-refractivity contribution >= 4 is 40.0 Å². The number of amides is 1. The summed E-state index contributed by atoms with van der Waals surface area (Å²) in [6.45, 7) is 2.42. The molecule has 7 nitrogen and oxygen atoms in total. The molecular weight excluding hydrogens is 471 g/mol. The number of hydrogen-bond acceptors (Lipinski definition) is 5. The van der Waals surface area contributed by atoms with E-state index in [0.717, 1.165) is 23.2 Å². The van der Waals surface area contributed by atoms with Crippen LogP contribution in [0.1, 0.15) is 12.5 Å². The fourth-order valence-corrected chi connectivity index (χ4v) is 3.54. The van der Waals surface area contributed by atoms with Crippen molar-refractivity contribution in [1.82, 2.24) is 19.9 Å². The number of fused-ring (bicyclic) bond motifs is 1. The highest BCUT2D eigenvalue weighted by Crippen LogP contribution is 2.36. The van der Waals surface area contributed by atoms with Crippen molar-refractivity contribution in [3.05, 3.63) is 71.6 Å². The van der Waals surface area contributed by atoms with Crippen molar-refractivity contribution in [3.63, 3.8) is 0 Å². The number of nitrogens with zero attached hydrogens (tertiary/aromatic N) is 3. The Kier molecular flexibility index (Phi) is 6.60. The van der Waals surface area contributed by atoms with Crippen molar-refractivity contribution in [2.75, 3.05) is 11.9 Å². The number of benzene rings is 2. The van der Waals surface area contributed by atoms with Gasteiger partial charge in [-0.3, -0.25) is 4.79 Å². The maximum Gasteiger partial charge on any atom is 0.416 e. The van der Waals surface area contributed by atoms with Crippen molar-refractivity contribution < 1.29 is 22.7 Å². The molecule has 0 aliphatic carbocycles. The van der Waals surface area contributed by atoms with Crippen molar-refractivity contribution in [2.45, 2.75) is 19.6 Å². The van der Waals surface area contributed by atoms with E-state index >= 15 is 0 Å². The Labute approximate surface area is 197 Å². The van der Waals surface area contributed by atoms with Crippen LogP contribution in [-0.2, 0) is 17.5 Å². The minimum Gasteiger partial charge on any atom is -0.456 e. The lowest BCUT2D eigenvalue weighted by molar-refractivity contribution is -0.137. The van der Waals surface area contributed by atoms with Crippen LogP contribution in [0.3, 0.4) is 0 Å². The van der Waals surface area contributed by atoms with Crippen LogP contribution in [0, 0.1) is 0 Å². The van der Waals surface area contributed by atoms with Crippen LogP contribution >= 0.6 is 11.6 Å². The minimum atomic E-state index is -4.47. The molecule has 0 fully saturated rings. The molecule has 0 radical (unpaired) electrons. The Morgan fingerprint density at radius 3 is 2.71 bits per heavy atom. The van der Waals surface area contributed by atoms with E-state index in [1.165, 1.54) is 25.4 Å². The van der Waals surface area contributed by atoms with Crippen molar-refractivity contribution in [2.24, 2.45) is 0 Å². The Morgan fingerprint density at radius 2 is 1.97 bits per heavy atom. The predicted octanol–water partition coefficient (Wildman–Crippen LogP) is 5.78. The zero-order valence-electron chi connectivity index (χ0n) is 17.9. The number of hydrogen-bond donors (Lipinski definition) is 2. The highest BCUT2D eigenvalue weighted by molar-refractivity contribution is 6.32. The summed E-state index contributed by atoms with van der Waals surface area (Å²) in [5, 5.41) is 6.14. The monoisotopic (exact) mass is 489 g/mol. The van der Waals surface area contributed by atoms with Crippen LogP contribution < -0.4 is 15.4 Å². The number of carbonyl (C=O) groups excluding carboxylic acids is 1. The van der Waals surface area contributed by atoms with Crippen LogP contribution in [0.4, 0.5) is 24.7 Å². The molecule has 11 heteroatoms. The first kappa shape index (κ1) is 23.4. The lowest BCUT2D eigenvalue weighted by Crippen LogP contribution is -2.24. The van der Waals surface area contributed by atoms with E-state index in [-0.39, 0.29) is 22.4 Å². The fourth-order valence-electron chi connectivity index (χ4n) is 3.32. The van der Waals surface area contributed by atoms with Gasteiger partial charge in [-0.1, -0.05) is 17.7 Å². The third-order valence-corrected chi connectivity index (χ3v) is 5.16. The predicted molar refractivity (Wildman–Crippen MR) is 122 cm³/mol. The van der Waals surface area contributed by atoms with Gasteiger partial charge in [0.05, 0.1) is 16.1 Å². The van der Waals surface area contributed by atoms with Gasteiger partial charge in [-0.2, -0.15) is 13.2 Å². The molecule has 0 bridgehead atoms. The summed E-state index contributed by atoms with van der Waals surface area (Å²) in [6, 6.07) is 11.2. The van der Waals surface area contributed by atoms with Gasteiger partial charge in [0, 0.05) is 31.9 Å². The number of ether oxygens (including phenoxy) is 1. The van der Waals surface area contributed by atoms with Crippen LogP contribution in [0.25, 0.3) is 11.0 Å². The molecule has 176 valence electrons. The molecule has 0 atom stereocenters. The first-order valence-corrected chi connectivity index (χ1v) is 10.5. The molecule has 34 heavy (non-hydrogen) atoms. The molecule has 0 aliphatic heterocycles. The van der Waals surface area contributed by atoms with Gasteiger partial charge in [0.2, 0.25) is 5.91 Å². The molecule has 0 saturated carbocycles. The Hall–Kier alpha value is -3.79. The summed E-state index contributed by atoms with van der Waals surface area (Å²) in [5.41, 5.74) is 1.24. The summed E-state index contributed by atoms with van der Waals surface area (Å²) in [6.07, 6.45) is -1.19. The smallest absolute Gasteiger partial charge is 0.416 e. The molecule has 0 unspecified atom stereocenters. The first-order valence-electron chi connectivity index (χ1n) is 10.2. The van der Waals surface area contributed by atoms with Crippen LogP contribution in [-0.4, -0.2) is 27.0 Å². The lowest BCUT2D eigenvalue weighted by Gasteiger charge is -2.13. The van der Waals surface area contributed by atoms with Gasteiger partial charge in [-0.05, 0) is 42.5 Å². The largest absolute Gasteiger partial charge is 0.456 e. The molecule has 2 heterocycles. The number of rotatable bonds is 7. The van der Waals surface area contributed by atoms with E-state index in [2.05, 4.69) is 20.6 Å². The molecule has 4 rings (SSSR count). The van der Waals surface area contributed by atoms with Gasteiger partial charge in [0.15, 0.2) is 5.82 Å². The highest BCUT2D eigenvalue weighted by Gasteiger charge is 2.30. The second-order valence-corrected chi connectivity index (χ2v) is 7.75. The summed E-state index contributed by atoms with van der Waals surface area (Å²) in [7, 11) is 0. The third kappa shape index (κ3) is 5.40. The number of anilines is 2. The number of aromatic nitrogens is 3. The van der Waals surface area contributed by atoms with Crippen molar-refractivity contribution in [1.29, 1.82) is 0 Å². The maximum atomic E-state index is 12.9. The van der Waals surface area contributed by atoms with Gasteiger partial charge in [0.1, 0.15) is 23.3 Å². The third-order valence-electron chi connectivity index (χ3n) is 4.86. The van der Waals surface area contributed by atoms with Crippen LogP contribution in [0.2, 0.25) is 5.02 Å². The quantitative estimate of drug-likeness (QED) is 0.344. The van der Waals surface area contributed by atoms with Gasteiger partial charge in [-0.15, -0.1) is 0 Å². The topological polar surface area (TPSA) is 81.1 Å². The zero-order chi connectivity index (χ0) is 24.3. The second kappa shape index (κ2) is 9.60. The van der Waals surface area contributed by atoms with Crippen LogP contribution in [0.5, 0.6) is 11.5 Å². The standard InChI is InChI=1S/C23H19ClF3N5O2/c1-14(33)28-8-10-32-9-7-19-21(32)22(30-13-29-19)31-16-5-6-20(18(24)12-16)34-17-4-2-3-15(11-17)23(25,26)27/h2-7,9,11-13H,8,10H2,1H3,(H,28,33)(H,29,30,31). The Balaban J connectivity index is 1.54. The molecule has 0 saturated heterocycles.